The van der Waals surface area contributed by atoms with Crippen LogP contribution >= 0.6 is 0 Å². The van der Waals surface area contributed by atoms with Crippen LogP contribution in [0.1, 0.15) is 49.3 Å². The Bertz CT molecular complexity index is 1070. The van der Waals surface area contributed by atoms with E-state index in [1.54, 1.807) is 0 Å². The topological polar surface area (TPSA) is 25.8 Å². The predicted octanol–water partition coefficient (Wildman–Crippen LogP) is 6.25. The smallest absolute Gasteiger partial charge is 0.0705 e. The van der Waals surface area contributed by atoms with E-state index >= 15 is 0 Å². The second-order valence-electron chi connectivity index (χ2n) is 7.47. The maximum atomic E-state index is 4.53. The molecule has 0 fully saturated rings. The summed E-state index contributed by atoms with van der Waals surface area (Å²) in [5, 5.41) is 2.50. The molecular weight excluding hydrogens is 316 g/mol. The molecule has 0 radical (unpaired) electrons. The van der Waals surface area contributed by atoms with Crippen LogP contribution in [0, 0.1) is 0 Å². The third-order valence-corrected chi connectivity index (χ3v) is 5.20. The Morgan fingerprint density at radius 2 is 1.62 bits per heavy atom. The van der Waals surface area contributed by atoms with Crippen LogP contribution in [0.3, 0.4) is 0 Å². The molecule has 4 aromatic rings. The molecule has 4 rings (SSSR count). The normalized spacial score (nSPS) is 12.8. The lowest BCUT2D eigenvalue weighted by atomic mass is 9.91. The van der Waals surface area contributed by atoms with E-state index in [0.717, 1.165) is 17.5 Å². The monoisotopic (exact) mass is 340 g/mol. The Labute approximate surface area is 154 Å². The van der Waals surface area contributed by atoms with Gasteiger partial charge in [-0.15, -0.1) is 0 Å². The Kier molecular flexibility index (Phi) is 4.42. The van der Waals surface area contributed by atoms with Crippen LogP contribution < -0.4 is 0 Å². The van der Waals surface area contributed by atoms with Gasteiger partial charge in [0.2, 0.25) is 0 Å². The van der Waals surface area contributed by atoms with E-state index in [-0.39, 0.29) is 0 Å². The van der Waals surface area contributed by atoms with Gasteiger partial charge in [-0.3, -0.25) is 9.97 Å². The molecule has 0 saturated carbocycles. The van der Waals surface area contributed by atoms with E-state index in [9.17, 15) is 0 Å². The zero-order valence-electron chi connectivity index (χ0n) is 15.6. The van der Waals surface area contributed by atoms with E-state index < -0.39 is 0 Å². The minimum absolute atomic E-state index is 0.455. The summed E-state index contributed by atoms with van der Waals surface area (Å²) in [7, 11) is 0. The van der Waals surface area contributed by atoms with Crippen molar-refractivity contribution >= 4 is 21.8 Å². The van der Waals surface area contributed by atoms with Crippen LogP contribution in [0.5, 0.6) is 0 Å². The van der Waals surface area contributed by atoms with Crippen molar-refractivity contribution in [3.05, 3.63) is 83.7 Å². The number of aromatic nitrogens is 2. The van der Waals surface area contributed by atoms with Gasteiger partial charge in [0.1, 0.15) is 0 Å². The Balaban J connectivity index is 1.66. The zero-order chi connectivity index (χ0) is 18.1. The van der Waals surface area contributed by atoms with Gasteiger partial charge in [-0.25, -0.2) is 0 Å². The van der Waals surface area contributed by atoms with Gasteiger partial charge in [0.05, 0.1) is 11.0 Å². The van der Waals surface area contributed by atoms with Crippen molar-refractivity contribution in [1.82, 2.24) is 9.97 Å². The van der Waals surface area contributed by atoms with Crippen molar-refractivity contribution in [2.45, 2.75) is 39.0 Å². The number of nitrogens with zero attached hydrogens (tertiary/aromatic N) is 2. The van der Waals surface area contributed by atoms with Crippen molar-refractivity contribution in [3.8, 4) is 0 Å². The first-order valence-electron chi connectivity index (χ1n) is 9.34. The first-order chi connectivity index (χ1) is 12.6. The molecule has 0 aliphatic heterocycles. The van der Waals surface area contributed by atoms with Gasteiger partial charge in [0.25, 0.3) is 0 Å². The molecule has 0 bridgehead atoms. The molecule has 0 spiro atoms. The summed E-state index contributed by atoms with van der Waals surface area (Å²) < 4.78 is 0. The Morgan fingerprint density at radius 1 is 0.808 bits per heavy atom. The highest BCUT2D eigenvalue weighted by molar-refractivity contribution is 5.83. The highest BCUT2D eigenvalue weighted by Gasteiger charge is 2.11. The SMILES string of the molecule is CC(C)c1ccnc2ccc(CC(C)c3ccc4ncccc4c3)cc12. The van der Waals surface area contributed by atoms with Gasteiger partial charge in [-0.1, -0.05) is 39.0 Å². The zero-order valence-corrected chi connectivity index (χ0v) is 15.6. The maximum Gasteiger partial charge on any atom is 0.0705 e. The second kappa shape index (κ2) is 6.87. The second-order valence-corrected chi connectivity index (χ2v) is 7.47. The molecule has 26 heavy (non-hydrogen) atoms. The van der Waals surface area contributed by atoms with Crippen LogP contribution in [-0.4, -0.2) is 9.97 Å². The third-order valence-electron chi connectivity index (χ3n) is 5.20. The average Bonchev–Trinajstić information content (AvgIpc) is 2.67. The van der Waals surface area contributed by atoms with Crippen molar-refractivity contribution in [1.29, 1.82) is 0 Å². The Morgan fingerprint density at radius 3 is 2.46 bits per heavy atom. The quantitative estimate of drug-likeness (QED) is 0.438. The van der Waals surface area contributed by atoms with E-state index in [0.29, 0.717) is 11.8 Å². The molecule has 1 atom stereocenters. The predicted molar refractivity (Wildman–Crippen MR) is 110 cm³/mol. The number of pyridine rings is 2. The van der Waals surface area contributed by atoms with Crippen LogP contribution in [0.25, 0.3) is 21.8 Å². The summed E-state index contributed by atoms with van der Waals surface area (Å²) in [5.74, 6) is 0.956. The molecule has 0 N–H and O–H groups in total. The summed E-state index contributed by atoms with van der Waals surface area (Å²) >= 11 is 0. The van der Waals surface area contributed by atoms with Crippen molar-refractivity contribution in [2.24, 2.45) is 0 Å². The van der Waals surface area contributed by atoms with Gasteiger partial charge in [0, 0.05) is 23.2 Å². The van der Waals surface area contributed by atoms with Crippen LogP contribution in [-0.2, 0) is 6.42 Å². The minimum Gasteiger partial charge on any atom is -0.256 e. The molecule has 2 heterocycles. The molecule has 2 nitrogen and oxygen atoms in total. The summed E-state index contributed by atoms with van der Waals surface area (Å²) in [6.45, 7) is 6.79. The number of rotatable bonds is 4. The molecule has 130 valence electrons. The first-order valence-corrected chi connectivity index (χ1v) is 9.34. The van der Waals surface area contributed by atoms with Gasteiger partial charge < -0.3 is 0 Å². The lowest BCUT2D eigenvalue weighted by Gasteiger charge is -2.15. The summed E-state index contributed by atoms with van der Waals surface area (Å²) in [4.78, 5) is 8.95. The van der Waals surface area contributed by atoms with Gasteiger partial charge in [-0.2, -0.15) is 0 Å². The van der Waals surface area contributed by atoms with Crippen LogP contribution in [0.15, 0.2) is 67.0 Å². The van der Waals surface area contributed by atoms with Crippen molar-refractivity contribution in [2.75, 3.05) is 0 Å². The standard InChI is InChI=1S/C24H24N2/c1-16(2)21-10-12-26-24-8-6-18(14-22(21)24)13-17(3)19-7-9-23-20(15-19)5-4-11-25-23/h4-12,14-17H,13H2,1-3H3. The molecule has 0 aliphatic carbocycles. The van der Waals surface area contributed by atoms with E-state index in [1.807, 2.05) is 18.5 Å². The molecule has 0 saturated heterocycles. The first kappa shape index (κ1) is 16.7. The molecule has 2 aromatic heterocycles. The maximum absolute atomic E-state index is 4.53. The number of benzene rings is 2. The number of hydrogen-bond acceptors (Lipinski definition) is 2. The highest BCUT2D eigenvalue weighted by atomic mass is 14.6. The van der Waals surface area contributed by atoms with Crippen LogP contribution in [0.4, 0.5) is 0 Å². The molecular formula is C24H24N2. The lowest BCUT2D eigenvalue weighted by molar-refractivity contribution is 0.761. The van der Waals surface area contributed by atoms with Crippen molar-refractivity contribution < 1.29 is 0 Å². The van der Waals surface area contributed by atoms with Crippen molar-refractivity contribution in [3.63, 3.8) is 0 Å². The molecule has 0 amide bonds. The van der Waals surface area contributed by atoms with E-state index in [1.165, 1.54) is 27.5 Å². The van der Waals surface area contributed by atoms with E-state index in [4.69, 9.17) is 0 Å². The highest BCUT2D eigenvalue weighted by Crippen LogP contribution is 2.28. The third kappa shape index (κ3) is 3.20. The number of hydrogen-bond donors (Lipinski definition) is 0. The fourth-order valence-corrected chi connectivity index (χ4v) is 3.72. The summed E-state index contributed by atoms with van der Waals surface area (Å²) in [6.07, 6.45) is 4.79. The molecule has 2 aromatic carbocycles. The fraction of sp³-hybridized carbons (Fsp3) is 0.250. The lowest BCUT2D eigenvalue weighted by Crippen LogP contribution is -2.00. The van der Waals surface area contributed by atoms with Gasteiger partial charge in [-0.05, 0) is 71.3 Å². The Hall–Kier alpha value is -2.74. The minimum atomic E-state index is 0.455. The van der Waals surface area contributed by atoms with Gasteiger partial charge >= 0.3 is 0 Å². The fourth-order valence-electron chi connectivity index (χ4n) is 3.72. The van der Waals surface area contributed by atoms with Crippen LogP contribution in [0.2, 0.25) is 0 Å². The largest absolute Gasteiger partial charge is 0.256 e. The summed E-state index contributed by atoms with van der Waals surface area (Å²) in [5.41, 5.74) is 6.25. The molecule has 2 heteroatoms. The van der Waals surface area contributed by atoms with Gasteiger partial charge in [0.15, 0.2) is 0 Å². The number of fused-ring (bicyclic) bond motifs is 2. The van der Waals surface area contributed by atoms with E-state index in [2.05, 4.69) is 79.3 Å². The molecule has 0 aliphatic rings. The molecule has 1 unspecified atom stereocenters. The average molecular weight is 340 g/mol. The summed E-state index contributed by atoms with van der Waals surface area (Å²) in [6, 6.07) is 19.6.